The van der Waals surface area contributed by atoms with Crippen molar-refractivity contribution in [2.45, 2.75) is 166 Å². The van der Waals surface area contributed by atoms with Gasteiger partial charge in [-0.2, -0.15) is 0 Å². The quantitative estimate of drug-likeness (QED) is 0.215. The third-order valence-electron chi connectivity index (χ3n) is 11.6. The number of allylic oxidation sites excluding steroid dienone is 2. The molecule has 9 unspecified atom stereocenters. The van der Waals surface area contributed by atoms with E-state index >= 15 is 0 Å². The van der Waals surface area contributed by atoms with Crippen LogP contribution in [0.2, 0.25) is 0 Å². The van der Waals surface area contributed by atoms with Gasteiger partial charge in [0, 0.05) is 44.1 Å². The molecule has 290 valence electrons. The van der Waals surface area contributed by atoms with Crippen molar-refractivity contribution < 1.29 is 44.2 Å². The van der Waals surface area contributed by atoms with E-state index in [0.717, 1.165) is 13.1 Å². The number of aliphatic hydroxyl groups is 4. The molecular formula is C40H66N2O9. The molecule has 1 amide bonds. The van der Waals surface area contributed by atoms with E-state index in [2.05, 4.69) is 4.90 Å². The molecule has 4 rings (SSSR count). The number of nitrogens with zero attached hydrogens (tertiary/aromatic N) is 2. The monoisotopic (exact) mass is 718 g/mol. The van der Waals surface area contributed by atoms with Gasteiger partial charge >= 0.3 is 12.1 Å². The standard InChI is InChI=1S/C40H66N2O9/c1-7-32(44)29(4)33-17-19-39(5,47)18-12-13-27(2)36-28(3)25-34(49-33)37(40(6,48)20-16-31(43)26-35(45)50-36)51-38(46)42-23-21-41(22-24-42)30-14-10-8-9-11-15-30/h12-13,18,25,28-33,36-37,43-44,47-48H,7-11,14-17,19-24,26H2,1-6H3/b18-12-,27-13-,34-25-. The zero-order chi connectivity index (χ0) is 37.3. The molecule has 3 heterocycles. The van der Waals surface area contributed by atoms with Crippen LogP contribution in [-0.2, 0) is 19.0 Å². The Kier molecular flexibility index (Phi) is 15.0. The van der Waals surface area contributed by atoms with Gasteiger partial charge in [-0.25, -0.2) is 4.79 Å². The molecule has 1 saturated heterocycles. The molecule has 0 radical (unpaired) electrons. The number of hydrogen-bond donors (Lipinski definition) is 4. The molecule has 4 aliphatic rings. The Morgan fingerprint density at radius 3 is 2.33 bits per heavy atom. The second-order valence-electron chi connectivity index (χ2n) is 16.2. The van der Waals surface area contributed by atoms with Crippen molar-refractivity contribution in [1.29, 1.82) is 0 Å². The third-order valence-corrected chi connectivity index (χ3v) is 11.6. The van der Waals surface area contributed by atoms with Crippen molar-refractivity contribution >= 4 is 12.1 Å². The van der Waals surface area contributed by atoms with E-state index in [1.165, 1.54) is 38.5 Å². The van der Waals surface area contributed by atoms with E-state index in [1.807, 2.05) is 27.7 Å². The molecule has 0 spiro atoms. The van der Waals surface area contributed by atoms with Crippen LogP contribution >= 0.6 is 0 Å². The van der Waals surface area contributed by atoms with E-state index in [4.69, 9.17) is 14.2 Å². The minimum Gasteiger partial charge on any atom is -0.491 e. The van der Waals surface area contributed by atoms with Crippen LogP contribution in [-0.4, -0.2) is 116 Å². The highest BCUT2D eigenvalue weighted by Crippen LogP contribution is 2.35. The first-order chi connectivity index (χ1) is 24.1. The Bertz CT molecular complexity index is 1230. The molecule has 2 fully saturated rings. The Labute approximate surface area is 305 Å². The van der Waals surface area contributed by atoms with Gasteiger partial charge in [0.1, 0.15) is 23.6 Å². The summed E-state index contributed by atoms with van der Waals surface area (Å²) in [5, 5.41) is 45.3. The van der Waals surface area contributed by atoms with Crippen molar-refractivity contribution in [3.8, 4) is 0 Å². The molecule has 0 aromatic carbocycles. The van der Waals surface area contributed by atoms with E-state index in [-0.39, 0.29) is 30.9 Å². The average Bonchev–Trinajstić information content (AvgIpc) is 3.38. The number of aliphatic hydroxyl groups excluding tert-OH is 2. The van der Waals surface area contributed by atoms with Gasteiger partial charge in [0.2, 0.25) is 0 Å². The van der Waals surface area contributed by atoms with Gasteiger partial charge in [0.05, 0.1) is 24.2 Å². The van der Waals surface area contributed by atoms with Crippen LogP contribution in [0.5, 0.6) is 0 Å². The second-order valence-corrected chi connectivity index (χ2v) is 16.2. The Balaban J connectivity index is 1.74. The van der Waals surface area contributed by atoms with Gasteiger partial charge in [-0.15, -0.1) is 0 Å². The lowest BCUT2D eigenvalue weighted by atomic mass is 9.86. The Morgan fingerprint density at radius 1 is 1.02 bits per heavy atom. The molecule has 4 N–H and O–H groups in total. The summed E-state index contributed by atoms with van der Waals surface area (Å²) in [6, 6.07) is 0.539. The lowest BCUT2D eigenvalue weighted by Crippen LogP contribution is -2.54. The molecule has 51 heavy (non-hydrogen) atoms. The summed E-state index contributed by atoms with van der Waals surface area (Å²) >= 11 is 0. The van der Waals surface area contributed by atoms with E-state index in [1.54, 1.807) is 43.1 Å². The zero-order valence-electron chi connectivity index (χ0n) is 32.0. The minimum atomic E-state index is -1.70. The van der Waals surface area contributed by atoms with Crippen LogP contribution in [0.3, 0.4) is 0 Å². The van der Waals surface area contributed by atoms with Crippen LogP contribution in [0.25, 0.3) is 0 Å². The molecule has 11 heteroatoms. The highest BCUT2D eigenvalue weighted by molar-refractivity contribution is 5.70. The number of rotatable bonds is 5. The van der Waals surface area contributed by atoms with E-state index < -0.39 is 59.7 Å². The average molecular weight is 719 g/mol. The number of hydrogen-bond acceptors (Lipinski definition) is 10. The van der Waals surface area contributed by atoms with Crippen molar-refractivity contribution in [1.82, 2.24) is 9.80 Å². The van der Waals surface area contributed by atoms with Crippen molar-refractivity contribution in [2.24, 2.45) is 11.8 Å². The summed E-state index contributed by atoms with van der Waals surface area (Å²) in [7, 11) is 0. The fraction of sp³-hybridized carbons (Fsp3) is 0.800. The topological polar surface area (TPSA) is 149 Å². The lowest BCUT2D eigenvalue weighted by Gasteiger charge is -2.41. The number of ether oxygens (including phenoxy) is 3. The number of carbonyl (C=O) groups excluding carboxylic acids is 2. The first-order valence-corrected chi connectivity index (χ1v) is 19.5. The highest BCUT2D eigenvalue weighted by Gasteiger charge is 2.44. The molecule has 1 aliphatic carbocycles. The Hall–Kier alpha value is -2.44. The fourth-order valence-electron chi connectivity index (χ4n) is 8.03. The lowest BCUT2D eigenvalue weighted by molar-refractivity contribution is -0.152. The molecule has 2 bridgehead atoms. The molecule has 11 nitrogen and oxygen atoms in total. The summed E-state index contributed by atoms with van der Waals surface area (Å²) in [5.41, 5.74) is -2.22. The summed E-state index contributed by atoms with van der Waals surface area (Å²) in [5.74, 6) is -1.29. The number of fused-ring (bicyclic) bond motifs is 2. The molecule has 3 aliphatic heterocycles. The third kappa shape index (κ3) is 11.8. The molecule has 9 atom stereocenters. The maximum atomic E-state index is 14.0. The first kappa shape index (κ1) is 41.3. The van der Waals surface area contributed by atoms with E-state index in [0.29, 0.717) is 44.0 Å². The number of amides is 1. The number of esters is 1. The van der Waals surface area contributed by atoms with Gasteiger partial charge in [-0.3, -0.25) is 9.69 Å². The van der Waals surface area contributed by atoms with Gasteiger partial charge in [0.15, 0.2) is 6.10 Å². The van der Waals surface area contributed by atoms with Gasteiger partial charge in [-0.1, -0.05) is 64.7 Å². The maximum Gasteiger partial charge on any atom is 0.410 e. The normalized spacial score (nSPS) is 38.2. The SMILES string of the molecule is CCC(O)C(C)C1CCC(C)(O)/C=C\C=C(\C)C2OC(=O)CC(O)CCC(C)(O)C(OC(=O)N3CCN(C4CCCCCC4)CC3)/C(=C/C2C)O1. The van der Waals surface area contributed by atoms with Gasteiger partial charge in [-0.05, 0) is 77.4 Å². The van der Waals surface area contributed by atoms with Crippen LogP contribution in [0.4, 0.5) is 4.79 Å². The zero-order valence-corrected chi connectivity index (χ0v) is 32.0. The minimum absolute atomic E-state index is 0.00271. The molecule has 1 saturated carbocycles. The van der Waals surface area contributed by atoms with Crippen molar-refractivity contribution in [3.63, 3.8) is 0 Å². The predicted molar refractivity (Wildman–Crippen MR) is 196 cm³/mol. The first-order valence-electron chi connectivity index (χ1n) is 19.5. The molecule has 0 aromatic rings. The van der Waals surface area contributed by atoms with Gasteiger partial charge < -0.3 is 39.5 Å². The Morgan fingerprint density at radius 2 is 1.69 bits per heavy atom. The number of piperazine rings is 1. The van der Waals surface area contributed by atoms with Crippen molar-refractivity contribution in [2.75, 3.05) is 26.2 Å². The molecular weight excluding hydrogens is 652 g/mol. The second kappa shape index (κ2) is 18.5. The van der Waals surface area contributed by atoms with Crippen LogP contribution in [0.15, 0.2) is 35.6 Å². The summed E-state index contributed by atoms with van der Waals surface area (Å²) in [6.45, 7) is 13.3. The highest BCUT2D eigenvalue weighted by atomic mass is 16.6. The predicted octanol–water partition coefficient (Wildman–Crippen LogP) is 5.40. The summed E-state index contributed by atoms with van der Waals surface area (Å²) < 4.78 is 19.1. The van der Waals surface area contributed by atoms with Crippen molar-refractivity contribution in [3.05, 3.63) is 35.6 Å². The van der Waals surface area contributed by atoms with Crippen LogP contribution in [0, 0.1) is 11.8 Å². The summed E-state index contributed by atoms with van der Waals surface area (Å²) in [4.78, 5) is 31.3. The smallest absolute Gasteiger partial charge is 0.410 e. The molecule has 0 aromatic heterocycles. The largest absolute Gasteiger partial charge is 0.491 e. The van der Waals surface area contributed by atoms with E-state index in [9.17, 15) is 30.0 Å². The van der Waals surface area contributed by atoms with Crippen LogP contribution in [0.1, 0.15) is 119 Å². The maximum absolute atomic E-state index is 14.0. The van der Waals surface area contributed by atoms with Gasteiger partial charge in [0.25, 0.3) is 0 Å². The number of carbonyl (C=O) groups is 2. The fourth-order valence-corrected chi connectivity index (χ4v) is 8.03. The van der Waals surface area contributed by atoms with Crippen LogP contribution < -0.4 is 0 Å². The summed E-state index contributed by atoms with van der Waals surface area (Å²) in [6.07, 6.45) is 10.3.